The van der Waals surface area contributed by atoms with Gasteiger partial charge in [0, 0.05) is 21.4 Å². The largest absolute Gasteiger partial charge is 0.398 e. The van der Waals surface area contributed by atoms with E-state index < -0.39 is 0 Å². The Morgan fingerprint density at radius 3 is 2.72 bits per heavy atom. The minimum absolute atomic E-state index is 0.113. The van der Waals surface area contributed by atoms with Gasteiger partial charge in [-0.1, -0.05) is 11.6 Å². The highest BCUT2D eigenvalue weighted by molar-refractivity contribution is 9.11. The van der Waals surface area contributed by atoms with Crippen LogP contribution in [0.25, 0.3) is 0 Å². The van der Waals surface area contributed by atoms with Crippen LogP contribution in [0.15, 0.2) is 44.2 Å². The number of rotatable bonds is 2. The number of halogens is 3. The molecule has 0 amide bonds. The maximum atomic E-state index is 11.9. The minimum Gasteiger partial charge on any atom is -0.398 e. The van der Waals surface area contributed by atoms with E-state index in [9.17, 15) is 4.79 Å². The van der Waals surface area contributed by atoms with Crippen LogP contribution in [-0.4, -0.2) is 4.57 Å². The Balaban J connectivity index is 2.46. The Morgan fingerprint density at radius 1 is 1.28 bits per heavy atom. The van der Waals surface area contributed by atoms with Crippen molar-refractivity contribution in [3.63, 3.8) is 0 Å². The van der Waals surface area contributed by atoms with E-state index in [0.29, 0.717) is 21.7 Å². The Labute approximate surface area is 126 Å². The van der Waals surface area contributed by atoms with Crippen molar-refractivity contribution < 1.29 is 0 Å². The lowest BCUT2D eigenvalue weighted by atomic mass is 10.2. The Kier molecular flexibility index (Phi) is 4.14. The number of nitrogens with two attached hydrogens (primary N) is 1. The molecule has 2 N–H and O–H groups in total. The highest BCUT2D eigenvalue weighted by atomic mass is 79.9. The molecule has 1 aromatic heterocycles. The van der Waals surface area contributed by atoms with Crippen LogP contribution in [0, 0.1) is 0 Å². The quantitative estimate of drug-likeness (QED) is 0.793. The maximum absolute atomic E-state index is 11.9. The zero-order valence-corrected chi connectivity index (χ0v) is 13.1. The fourth-order valence-electron chi connectivity index (χ4n) is 1.58. The third-order valence-electron chi connectivity index (χ3n) is 2.45. The van der Waals surface area contributed by atoms with Gasteiger partial charge in [0.1, 0.15) is 0 Å². The highest BCUT2D eigenvalue weighted by Crippen LogP contribution is 2.20. The van der Waals surface area contributed by atoms with Crippen LogP contribution in [0.1, 0.15) is 5.56 Å². The molecular formula is C12H9Br2ClN2O. The summed E-state index contributed by atoms with van der Waals surface area (Å²) in [5.41, 5.74) is 7.18. The van der Waals surface area contributed by atoms with Gasteiger partial charge in [0.05, 0.1) is 11.0 Å². The molecule has 0 aliphatic carbocycles. The Bertz CT molecular complexity index is 655. The topological polar surface area (TPSA) is 48.0 Å². The zero-order chi connectivity index (χ0) is 13.3. The third-order valence-corrected chi connectivity index (χ3v) is 3.69. The van der Waals surface area contributed by atoms with Crippen LogP contribution in [0.5, 0.6) is 0 Å². The third kappa shape index (κ3) is 2.96. The molecule has 6 heteroatoms. The number of hydrogen-bond donors (Lipinski definition) is 1. The molecule has 0 aliphatic heterocycles. The predicted octanol–water partition coefficient (Wildman–Crippen LogP) is 3.66. The van der Waals surface area contributed by atoms with Gasteiger partial charge in [-0.05, 0) is 61.7 Å². The van der Waals surface area contributed by atoms with Gasteiger partial charge in [-0.25, -0.2) is 0 Å². The van der Waals surface area contributed by atoms with Crippen molar-refractivity contribution in [1.29, 1.82) is 0 Å². The van der Waals surface area contributed by atoms with Crippen LogP contribution >= 0.6 is 43.5 Å². The number of anilines is 1. The van der Waals surface area contributed by atoms with E-state index in [-0.39, 0.29) is 5.56 Å². The SMILES string of the molecule is Nc1ccc(Cl)cc1Cn1cc(Br)cc(Br)c1=O. The van der Waals surface area contributed by atoms with E-state index in [1.54, 1.807) is 35.0 Å². The van der Waals surface area contributed by atoms with Crippen LogP contribution in [0.3, 0.4) is 0 Å². The summed E-state index contributed by atoms with van der Waals surface area (Å²) in [7, 11) is 0. The summed E-state index contributed by atoms with van der Waals surface area (Å²) in [5, 5.41) is 0.598. The van der Waals surface area contributed by atoms with Crippen LogP contribution in [-0.2, 0) is 6.54 Å². The molecule has 3 nitrogen and oxygen atoms in total. The smallest absolute Gasteiger partial charge is 0.265 e. The van der Waals surface area contributed by atoms with Gasteiger partial charge in [0.15, 0.2) is 0 Å². The molecule has 0 saturated carbocycles. The lowest BCUT2D eigenvalue weighted by Gasteiger charge is -2.10. The summed E-state index contributed by atoms with van der Waals surface area (Å²) in [6, 6.07) is 6.92. The van der Waals surface area contributed by atoms with Crippen molar-refractivity contribution in [2.24, 2.45) is 0 Å². The number of nitrogens with zero attached hydrogens (tertiary/aromatic N) is 1. The maximum Gasteiger partial charge on any atom is 0.265 e. The first-order chi connectivity index (χ1) is 8.47. The summed E-state index contributed by atoms with van der Waals surface area (Å²) < 4.78 is 2.88. The second kappa shape index (κ2) is 5.47. The molecule has 0 fully saturated rings. The molecule has 0 spiro atoms. The predicted molar refractivity (Wildman–Crippen MR) is 81.1 cm³/mol. The molecule has 94 valence electrons. The molecule has 18 heavy (non-hydrogen) atoms. The van der Waals surface area contributed by atoms with Crippen molar-refractivity contribution in [2.45, 2.75) is 6.54 Å². The molecule has 0 bridgehead atoms. The summed E-state index contributed by atoms with van der Waals surface area (Å²) in [6.07, 6.45) is 1.72. The first-order valence-corrected chi connectivity index (χ1v) is 7.03. The lowest BCUT2D eigenvalue weighted by Crippen LogP contribution is -2.21. The molecule has 0 atom stereocenters. The van der Waals surface area contributed by atoms with Crippen molar-refractivity contribution >= 4 is 49.1 Å². The number of nitrogen functional groups attached to an aromatic ring is 1. The van der Waals surface area contributed by atoms with E-state index in [0.717, 1.165) is 10.0 Å². The summed E-state index contributed by atoms with van der Waals surface area (Å²) in [6.45, 7) is 0.378. The molecule has 0 saturated heterocycles. The Hall–Kier alpha value is -0.780. The fourth-order valence-corrected chi connectivity index (χ4v) is 3.03. The van der Waals surface area contributed by atoms with Crippen molar-refractivity contribution in [3.05, 3.63) is 60.3 Å². The number of benzene rings is 1. The normalized spacial score (nSPS) is 10.6. The second-order valence-corrected chi connectivity index (χ2v) is 5.99. The molecular weight excluding hydrogens is 383 g/mol. The van der Waals surface area contributed by atoms with Crippen LogP contribution < -0.4 is 11.3 Å². The van der Waals surface area contributed by atoms with Gasteiger partial charge in [0.25, 0.3) is 5.56 Å². The number of aromatic nitrogens is 1. The van der Waals surface area contributed by atoms with Gasteiger partial charge < -0.3 is 10.3 Å². The van der Waals surface area contributed by atoms with Gasteiger partial charge in [-0.3, -0.25) is 4.79 Å². The molecule has 2 rings (SSSR count). The second-order valence-electron chi connectivity index (χ2n) is 3.78. The molecule has 1 heterocycles. The fraction of sp³-hybridized carbons (Fsp3) is 0.0833. The van der Waals surface area contributed by atoms with Gasteiger partial charge in [0.2, 0.25) is 0 Å². The van der Waals surface area contributed by atoms with E-state index >= 15 is 0 Å². The van der Waals surface area contributed by atoms with Gasteiger partial charge in [-0.15, -0.1) is 0 Å². The highest BCUT2D eigenvalue weighted by Gasteiger charge is 2.06. The average molecular weight is 392 g/mol. The number of hydrogen-bond acceptors (Lipinski definition) is 2. The van der Waals surface area contributed by atoms with E-state index in [2.05, 4.69) is 31.9 Å². The molecule has 1 aromatic carbocycles. The van der Waals surface area contributed by atoms with E-state index in [4.69, 9.17) is 17.3 Å². The minimum atomic E-state index is -0.113. The van der Waals surface area contributed by atoms with E-state index in [1.165, 1.54) is 0 Å². The lowest BCUT2D eigenvalue weighted by molar-refractivity contribution is 0.753. The summed E-state index contributed by atoms with van der Waals surface area (Å²) in [5.74, 6) is 0. The average Bonchev–Trinajstić information content (AvgIpc) is 2.30. The van der Waals surface area contributed by atoms with Crippen LogP contribution in [0.2, 0.25) is 5.02 Å². The first kappa shape index (κ1) is 13.6. The van der Waals surface area contributed by atoms with Gasteiger partial charge in [-0.2, -0.15) is 0 Å². The molecule has 0 unspecified atom stereocenters. The van der Waals surface area contributed by atoms with Crippen LogP contribution in [0.4, 0.5) is 5.69 Å². The van der Waals surface area contributed by atoms with Gasteiger partial charge >= 0.3 is 0 Å². The van der Waals surface area contributed by atoms with Crippen molar-refractivity contribution in [3.8, 4) is 0 Å². The zero-order valence-electron chi connectivity index (χ0n) is 9.16. The standard InChI is InChI=1S/C12H9Br2ClN2O/c13-8-4-10(14)12(18)17(6-8)5-7-3-9(15)1-2-11(7)16/h1-4,6H,5,16H2. The van der Waals surface area contributed by atoms with Crippen molar-refractivity contribution in [2.75, 3.05) is 5.73 Å². The Morgan fingerprint density at radius 2 is 2.00 bits per heavy atom. The molecule has 0 aliphatic rings. The summed E-state index contributed by atoms with van der Waals surface area (Å²) in [4.78, 5) is 11.9. The molecule has 2 aromatic rings. The summed E-state index contributed by atoms with van der Waals surface area (Å²) >= 11 is 12.5. The van der Waals surface area contributed by atoms with Crippen molar-refractivity contribution in [1.82, 2.24) is 4.57 Å². The first-order valence-electron chi connectivity index (χ1n) is 5.07. The molecule has 0 radical (unpaired) electrons. The van der Waals surface area contributed by atoms with E-state index in [1.807, 2.05) is 0 Å². The monoisotopic (exact) mass is 390 g/mol. The number of pyridine rings is 1.